The van der Waals surface area contributed by atoms with E-state index in [1.807, 2.05) is 54.6 Å². The molecule has 0 unspecified atom stereocenters. The average Bonchev–Trinajstić information content (AvgIpc) is 3.22. The number of benzene rings is 3. The minimum Gasteiger partial charge on any atom is -0.497 e. The van der Waals surface area contributed by atoms with E-state index < -0.39 is 0 Å². The van der Waals surface area contributed by atoms with Crippen LogP contribution in [0.1, 0.15) is 46.1 Å². The first kappa shape index (κ1) is 23.0. The van der Waals surface area contributed by atoms with E-state index in [0.717, 1.165) is 39.0 Å². The van der Waals surface area contributed by atoms with Crippen molar-refractivity contribution >= 4 is 16.7 Å². The van der Waals surface area contributed by atoms with Crippen molar-refractivity contribution in [2.45, 2.75) is 32.1 Å². The Labute approximate surface area is 205 Å². The Morgan fingerprint density at radius 3 is 2.26 bits per heavy atom. The summed E-state index contributed by atoms with van der Waals surface area (Å²) in [6.45, 7) is 1.07. The number of hydrogen-bond acceptors (Lipinski definition) is 5. The third-order valence-corrected chi connectivity index (χ3v) is 6.62. The maximum Gasteiger partial charge on any atom is 0.165 e. The highest BCUT2D eigenvalue weighted by Gasteiger charge is 2.34. The highest BCUT2D eigenvalue weighted by molar-refractivity contribution is 6.11. The fourth-order valence-electron chi connectivity index (χ4n) is 4.86. The number of ether oxygens (including phenoxy) is 4. The molecule has 180 valence electrons. The van der Waals surface area contributed by atoms with Gasteiger partial charge in [-0.1, -0.05) is 42.5 Å². The molecule has 35 heavy (non-hydrogen) atoms. The summed E-state index contributed by atoms with van der Waals surface area (Å²) >= 11 is 0. The Kier molecular flexibility index (Phi) is 6.47. The Hall–Kier alpha value is -3.77. The standard InChI is InChI=1S/C29H29NO5/c1-32-21-11-9-20(10-12-21)18-35-25-14-13-24(31)28-22-15-26(33-2)27(34-3)16-23(22)30(29(25)28)17-19-7-5-4-6-8-19/h4-12,15-16,25H,13-14,17-18H2,1-3H3/t25-/m0/s1. The number of Topliss-reactive ketones (excluding diaryl/α,β-unsaturated/α-hetero) is 1. The molecule has 3 aromatic carbocycles. The third kappa shape index (κ3) is 4.37. The summed E-state index contributed by atoms with van der Waals surface area (Å²) in [6.07, 6.45) is 0.873. The predicted octanol–water partition coefficient (Wildman–Crippen LogP) is 5.95. The average molecular weight is 472 g/mol. The van der Waals surface area contributed by atoms with Crippen LogP contribution in [0, 0.1) is 0 Å². The highest BCUT2D eigenvalue weighted by atomic mass is 16.5. The number of ketones is 1. The molecule has 5 rings (SSSR count). The summed E-state index contributed by atoms with van der Waals surface area (Å²) < 4.78 is 25.1. The van der Waals surface area contributed by atoms with Crippen molar-refractivity contribution in [3.8, 4) is 17.2 Å². The quantitative estimate of drug-likeness (QED) is 0.318. The lowest BCUT2D eigenvalue weighted by molar-refractivity contribution is 0.0234. The molecule has 0 bridgehead atoms. The van der Waals surface area contributed by atoms with Crippen LogP contribution in [0.5, 0.6) is 17.2 Å². The van der Waals surface area contributed by atoms with Gasteiger partial charge < -0.3 is 23.5 Å². The van der Waals surface area contributed by atoms with Crippen LogP contribution in [0.15, 0.2) is 66.7 Å². The van der Waals surface area contributed by atoms with Crippen LogP contribution in [-0.4, -0.2) is 31.7 Å². The summed E-state index contributed by atoms with van der Waals surface area (Å²) in [7, 11) is 4.89. The van der Waals surface area contributed by atoms with Gasteiger partial charge in [-0.05, 0) is 35.7 Å². The predicted molar refractivity (Wildman–Crippen MR) is 135 cm³/mol. The van der Waals surface area contributed by atoms with Gasteiger partial charge in [-0.2, -0.15) is 0 Å². The number of hydrogen-bond donors (Lipinski definition) is 0. The van der Waals surface area contributed by atoms with Gasteiger partial charge in [-0.15, -0.1) is 0 Å². The topological polar surface area (TPSA) is 58.9 Å². The van der Waals surface area contributed by atoms with Gasteiger partial charge in [-0.3, -0.25) is 4.79 Å². The van der Waals surface area contributed by atoms with E-state index in [4.69, 9.17) is 18.9 Å². The first-order valence-electron chi connectivity index (χ1n) is 11.7. The number of methoxy groups -OCH3 is 3. The number of carbonyl (C=O) groups is 1. The first-order valence-corrected chi connectivity index (χ1v) is 11.7. The largest absolute Gasteiger partial charge is 0.497 e. The van der Waals surface area contributed by atoms with Crippen molar-refractivity contribution in [2.24, 2.45) is 0 Å². The molecular formula is C29H29NO5. The normalized spacial score (nSPS) is 15.2. The van der Waals surface area contributed by atoms with Crippen molar-refractivity contribution in [3.63, 3.8) is 0 Å². The molecule has 0 spiro atoms. The first-order chi connectivity index (χ1) is 17.1. The Balaban J connectivity index is 1.61. The van der Waals surface area contributed by atoms with Crippen LogP contribution in [-0.2, 0) is 17.9 Å². The SMILES string of the molecule is COc1ccc(CO[C@H]2CCC(=O)c3c2n(Cc2ccccc2)c2cc(OC)c(OC)cc32)cc1. The summed E-state index contributed by atoms with van der Waals surface area (Å²) in [6, 6.07) is 22.0. The molecular weight excluding hydrogens is 442 g/mol. The van der Waals surface area contributed by atoms with Crippen molar-refractivity contribution in [1.29, 1.82) is 0 Å². The summed E-state index contributed by atoms with van der Waals surface area (Å²) in [4.78, 5) is 13.3. The van der Waals surface area contributed by atoms with Crippen LogP contribution in [0.4, 0.5) is 0 Å². The zero-order chi connectivity index (χ0) is 24.4. The lowest BCUT2D eigenvalue weighted by atomic mass is 9.92. The van der Waals surface area contributed by atoms with E-state index >= 15 is 0 Å². The smallest absolute Gasteiger partial charge is 0.165 e. The van der Waals surface area contributed by atoms with Gasteiger partial charge in [0.25, 0.3) is 0 Å². The van der Waals surface area contributed by atoms with Crippen molar-refractivity contribution in [2.75, 3.05) is 21.3 Å². The zero-order valence-electron chi connectivity index (χ0n) is 20.2. The van der Waals surface area contributed by atoms with Gasteiger partial charge in [-0.25, -0.2) is 0 Å². The lowest BCUT2D eigenvalue weighted by Crippen LogP contribution is -2.21. The second-order valence-corrected chi connectivity index (χ2v) is 8.67. The summed E-state index contributed by atoms with van der Waals surface area (Å²) in [5.41, 5.74) is 4.78. The molecule has 6 heteroatoms. The van der Waals surface area contributed by atoms with E-state index in [1.54, 1.807) is 21.3 Å². The van der Waals surface area contributed by atoms with E-state index in [9.17, 15) is 4.79 Å². The maximum absolute atomic E-state index is 13.3. The number of rotatable bonds is 8. The highest BCUT2D eigenvalue weighted by Crippen LogP contribution is 2.43. The van der Waals surface area contributed by atoms with E-state index in [0.29, 0.717) is 37.5 Å². The van der Waals surface area contributed by atoms with Gasteiger partial charge in [0.1, 0.15) is 5.75 Å². The lowest BCUT2D eigenvalue weighted by Gasteiger charge is -2.25. The molecule has 0 saturated heterocycles. The number of carbonyl (C=O) groups excluding carboxylic acids is 1. The second-order valence-electron chi connectivity index (χ2n) is 8.67. The van der Waals surface area contributed by atoms with Crippen molar-refractivity contribution < 1.29 is 23.7 Å². The van der Waals surface area contributed by atoms with Crippen LogP contribution in [0.25, 0.3) is 10.9 Å². The van der Waals surface area contributed by atoms with E-state index in [1.165, 1.54) is 0 Å². The van der Waals surface area contributed by atoms with Gasteiger partial charge in [0.2, 0.25) is 0 Å². The number of fused-ring (bicyclic) bond motifs is 3. The number of nitrogens with zero attached hydrogens (tertiary/aromatic N) is 1. The van der Waals surface area contributed by atoms with E-state index in [2.05, 4.69) is 16.7 Å². The molecule has 0 N–H and O–H groups in total. The van der Waals surface area contributed by atoms with E-state index in [-0.39, 0.29) is 11.9 Å². The Morgan fingerprint density at radius 2 is 1.57 bits per heavy atom. The number of aromatic nitrogens is 1. The minimum absolute atomic E-state index is 0.133. The zero-order valence-corrected chi connectivity index (χ0v) is 20.2. The van der Waals surface area contributed by atoms with Crippen molar-refractivity contribution in [3.05, 3.63) is 89.1 Å². The van der Waals surface area contributed by atoms with Gasteiger partial charge in [0.15, 0.2) is 17.3 Å². The van der Waals surface area contributed by atoms with Gasteiger partial charge >= 0.3 is 0 Å². The molecule has 4 aromatic rings. The van der Waals surface area contributed by atoms with Crippen molar-refractivity contribution in [1.82, 2.24) is 4.57 Å². The Morgan fingerprint density at radius 1 is 0.857 bits per heavy atom. The fourth-order valence-corrected chi connectivity index (χ4v) is 4.86. The molecule has 0 fully saturated rings. The van der Waals surface area contributed by atoms with Gasteiger partial charge in [0.05, 0.1) is 45.3 Å². The molecule has 1 aliphatic carbocycles. The van der Waals surface area contributed by atoms with Crippen LogP contribution in [0.2, 0.25) is 0 Å². The molecule has 6 nitrogen and oxygen atoms in total. The Bertz CT molecular complexity index is 1340. The molecule has 1 heterocycles. The van der Waals surface area contributed by atoms with Crippen LogP contribution in [0.3, 0.4) is 0 Å². The minimum atomic E-state index is -0.210. The molecule has 1 aliphatic rings. The molecule has 0 amide bonds. The fraction of sp³-hybridized carbons (Fsp3) is 0.276. The van der Waals surface area contributed by atoms with Crippen LogP contribution >= 0.6 is 0 Å². The molecule has 0 saturated carbocycles. The molecule has 0 radical (unpaired) electrons. The molecule has 1 aromatic heterocycles. The molecule has 0 aliphatic heterocycles. The van der Waals surface area contributed by atoms with Gasteiger partial charge in [0, 0.05) is 30.0 Å². The third-order valence-electron chi connectivity index (χ3n) is 6.62. The van der Waals surface area contributed by atoms with Crippen LogP contribution < -0.4 is 14.2 Å². The summed E-state index contributed by atoms with van der Waals surface area (Å²) in [5.74, 6) is 2.18. The second kappa shape index (κ2) is 9.84. The molecule has 1 atom stereocenters. The summed E-state index contributed by atoms with van der Waals surface area (Å²) in [5, 5.41) is 0.872. The monoisotopic (exact) mass is 471 g/mol. The maximum atomic E-state index is 13.3.